The van der Waals surface area contributed by atoms with E-state index in [2.05, 4.69) is 119 Å². The Labute approximate surface area is 207 Å². The van der Waals surface area contributed by atoms with Crippen LogP contribution in [-0.4, -0.2) is 7.85 Å². The molecule has 4 aromatic carbocycles. The molecule has 0 aliphatic heterocycles. The van der Waals surface area contributed by atoms with E-state index in [-0.39, 0.29) is 10.7 Å². The normalized spacial score (nSPS) is 12.1. The molecule has 0 saturated heterocycles. The minimum atomic E-state index is -0.346. The minimum Gasteiger partial charge on any atom is -0.0639 e. The average molecular weight is 442 g/mol. The Morgan fingerprint density at radius 1 is 0.500 bits per heavy atom. The summed E-state index contributed by atoms with van der Waals surface area (Å²) in [4.78, 5) is 0. The molecule has 0 heterocycles. The number of benzene rings is 4. The van der Waals surface area contributed by atoms with Gasteiger partial charge in [0.15, 0.2) is 0 Å². The summed E-state index contributed by atoms with van der Waals surface area (Å²) >= 11 is 0. The van der Waals surface area contributed by atoms with Crippen LogP contribution in [0.2, 0.25) is 0 Å². The highest BCUT2D eigenvalue weighted by Gasteiger charge is 2.15. The minimum absolute atomic E-state index is 0.144. The zero-order valence-electron chi connectivity index (χ0n) is 21.4. The third-order valence-corrected chi connectivity index (χ3v) is 6.68. The monoisotopic (exact) mass is 442 g/mol. The van der Waals surface area contributed by atoms with Crippen molar-refractivity contribution in [3.05, 3.63) is 108 Å². The summed E-state index contributed by atoms with van der Waals surface area (Å²) in [5.74, 6) is 0. The Morgan fingerprint density at radius 3 is 1.18 bits per heavy atom. The molecule has 0 nitrogen and oxygen atoms in total. The van der Waals surface area contributed by atoms with Crippen molar-refractivity contribution in [3.8, 4) is 33.4 Å². The Bertz CT molecular complexity index is 1170. The number of aryl methyl sites for hydroxylation is 1. The summed E-state index contributed by atoms with van der Waals surface area (Å²) in [6, 6.07) is 33.6. The first kappa shape index (κ1) is 24.1. The van der Waals surface area contributed by atoms with Gasteiger partial charge in [-0.05, 0) is 79.9 Å². The van der Waals surface area contributed by atoms with Crippen molar-refractivity contribution in [2.24, 2.45) is 0 Å². The number of hydrogen-bond donors (Lipinski definition) is 0. The summed E-state index contributed by atoms with van der Waals surface area (Å²) in [7, 11) is 6.31. The molecule has 4 aromatic rings. The van der Waals surface area contributed by atoms with Gasteiger partial charge in [0.05, 0.1) is 7.85 Å². The molecule has 170 valence electrons. The lowest BCUT2D eigenvalue weighted by molar-refractivity contribution is 0.590. The largest absolute Gasteiger partial charge is 0.0802 e. The van der Waals surface area contributed by atoms with Crippen molar-refractivity contribution >= 4 is 7.85 Å². The van der Waals surface area contributed by atoms with Crippen molar-refractivity contribution < 1.29 is 0 Å². The van der Waals surface area contributed by atoms with Crippen molar-refractivity contribution in [2.75, 3.05) is 0 Å². The van der Waals surface area contributed by atoms with Gasteiger partial charge in [-0.2, -0.15) is 0 Å². The quantitative estimate of drug-likeness (QED) is 0.271. The van der Waals surface area contributed by atoms with Crippen LogP contribution in [0.4, 0.5) is 0 Å². The standard InChI is InChI=1S/C33H35B/c1-7-23-8-10-24(11-9-23)27-20-28(25-12-16-30(17-13-25)32(2,3)4)22-29(21-27)26-14-18-31(19-15-26)33(5,6)34/h8-22H,7H2,1-6H3. The molecule has 0 bridgehead atoms. The third-order valence-electron chi connectivity index (χ3n) is 6.68. The molecule has 34 heavy (non-hydrogen) atoms. The summed E-state index contributed by atoms with van der Waals surface area (Å²) in [6.07, 6.45) is 1.05. The molecule has 0 spiro atoms. The number of rotatable bonds is 5. The van der Waals surface area contributed by atoms with Crippen LogP contribution >= 0.6 is 0 Å². The van der Waals surface area contributed by atoms with E-state index in [1.54, 1.807) is 0 Å². The van der Waals surface area contributed by atoms with E-state index in [1.165, 1.54) is 44.5 Å². The van der Waals surface area contributed by atoms with Crippen LogP contribution in [0.15, 0.2) is 91.0 Å². The molecule has 4 rings (SSSR count). The molecule has 0 unspecified atom stereocenters. The van der Waals surface area contributed by atoms with Gasteiger partial charge in [0.1, 0.15) is 0 Å². The van der Waals surface area contributed by atoms with E-state index < -0.39 is 0 Å². The maximum Gasteiger partial charge on any atom is 0.0802 e. The first-order valence-electron chi connectivity index (χ1n) is 12.3. The van der Waals surface area contributed by atoms with Gasteiger partial charge >= 0.3 is 0 Å². The van der Waals surface area contributed by atoms with Crippen LogP contribution in [0.5, 0.6) is 0 Å². The third kappa shape index (κ3) is 5.36. The summed E-state index contributed by atoms with van der Waals surface area (Å²) in [5, 5.41) is -0.346. The van der Waals surface area contributed by atoms with Gasteiger partial charge in [-0.25, -0.2) is 0 Å². The van der Waals surface area contributed by atoms with E-state index >= 15 is 0 Å². The molecule has 0 aliphatic carbocycles. The molecule has 0 fully saturated rings. The van der Waals surface area contributed by atoms with E-state index in [0.29, 0.717) is 0 Å². The van der Waals surface area contributed by atoms with Crippen LogP contribution in [0.25, 0.3) is 33.4 Å². The smallest absolute Gasteiger partial charge is 0.0639 e. The van der Waals surface area contributed by atoms with Crippen LogP contribution < -0.4 is 0 Å². The fourth-order valence-corrected chi connectivity index (χ4v) is 4.32. The molecule has 0 aliphatic rings. The van der Waals surface area contributed by atoms with Crippen LogP contribution in [0.3, 0.4) is 0 Å². The Balaban J connectivity index is 1.82. The van der Waals surface area contributed by atoms with Crippen molar-refractivity contribution in [2.45, 2.75) is 58.7 Å². The first-order chi connectivity index (χ1) is 16.0. The van der Waals surface area contributed by atoms with Gasteiger partial charge in [-0.3, -0.25) is 0 Å². The van der Waals surface area contributed by atoms with Gasteiger partial charge in [0.25, 0.3) is 0 Å². The highest BCUT2D eigenvalue weighted by Crippen LogP contribution is 2.35. The molecule has 0 aromatic heterocycles. The van der Waals surface area contributed by atoms with Gasteiger partial charge in [-0.15, -0.1) is 0 Å². The molecule has 0 N–H and O–H groups in total. The molecular weight excluding hydrogens is 407 g/mol. The lowest BCUT2D eigenvalue weighted by Gasteiger charge is -2.20. The van der Waals surface area contributed by atoms with Crippen LogP contribution in [-0.2, 0) is 17.2 Å². The fourth-order valence-electron chi connectivity index (χ4n) is 4.32. The maximum absolute atomic E-state index is 6.31. The zero-order valence-corrected chi connectivity index (χ0v) is 21.4. The topological polar surface area (TPSA) is 0 Å². The van der Waals surface area contributed by atoms with E-state index in [4.69, 9.17) is 7.85 Å². The molecule has 0 saturated carbocycles. The highest BCUT2D eigenvalue weighted by atomic mass is 14.2. The lowest BCUT2D eigenvalue weighted by atomic mass is 9.67. The second kappa shape index (κ2) is 9.30. The second-order valence-electron chi connectivity index (χ2n) is 11.0. The number of hydrogen-bond acceptors (Lipinski definition) is 0. The summed E-state index contributed by atoms with van der Waals surface area (Å²) < 4.78 is 0. The average Bonchev–Trinajstić information content (AvgIpc) is 2.83. The zero-order chi connectivity index (χ0) is 24.5. The molecule has 0 amide bonds. The van der Waals surface area contributed by atoms with Crippen molar-refractivity contribution in [1.29, 1.82) is 0 Å². The van der Waals surface area contributed by atoms with E-state index in [1.807, 2.05) is 13.8 Å². The fraction of sp³-hybridized carbons (Fsp3) is 0.273. The molecular formula is C33H35B. The van der Waals surface area contributed by atoms with Gasteiger partial charge < -0.3 is 0 Å². The van der Waals surface area contributed by atoms with E-state index in [0.717, 1.165) is 12.0 Å². The van der Waals surface area contributed by atoms with Crippen LogP contribution in [0, 0.1) is 0 Å². The molecule has 1 heteroatoms. The highest BCUT2D eigenvalue weighted by molar-refractivity contribution is 6.15. The first-order valence-corrected chi connectivity index (χ1v) is 12.3. The summed E-state index contributed by atoms with van der Waals surface area (Å²) in [6.45, 7) is 13.1. The van der Waals surface area contributed by atoms with Gasteiger partial charge in [0, 0.05) is 0 Å². The summed E-state index contributed by atoms with van der Waals surface area (Å²) in [5.41, 5.74) is 11.4. The predicted molar refractivity (Wildman–Crippen MR) is 150 cm³/mol. The van der Waals surface area contributed by atoms with Crippen LogP contribution in [0.1, 0.15) is 58.2 Å². The van der Waals surface area contributed by atoms with Crippen molar-refractivity contribution in [3.63, 3.8) is 0 Å². The van der Waals surface area contributed by atoms with Gasteiger partial charge in [0.2, 0.25) is 0 Å². The van der Waals surface area contributed by atoms with Crippen molar-refractivity contribution in [1.82, 2.24) is 0 Å². The SMILES string of the molecule is [B]C(C)(C)c1ccc(-c2cc(-c3ccc(CC)cc3)cc(-c3ccc(C(C)(C)C)cc3)c2)cc1. The van der Waals surface area contributed by atoms with E-state index in [9.17, 15) is 0 Å². The Morgan fingerprint density at radius 2 is 0.853 bits per heavy atom. The molecule has 0 atom stereocenters. The Hall–Kier alpha value is -3.06. The lowest BCUT2D eigenvalue weighted by Crippen LogP contribution is -2.16. The predicted octanol–water partition coefficient (Wildman–Crippen LogP) is 8.95. The maximum atomic E-state index is 6.31. The Kier molecular flexibility index (Phi) is 6.59. The van der Waals surface area contributed by atoms with Gasteiger partial charge in [-0.1, -0.05) is 120 Å². The molecule has 2 radical (unpaired) electrons. The second-order valence-corrected chi connectivity index (χ2v) is 11.0.